The molecule has 0 spiro atoms. The van der Waals surface area contributed by atoms with E-state index in [9.17, 15) is 8.78 Å². The van der Waals surface area contributed by atoms with E-state index >= 15 is 0 Å². The first-order valence-corrected chi connectivity index (χ1v) is 10.8. The van der Waals surface area contributed by atoms with Gasteiger partial charge in [-0.2, -0.15) is 0 Å². The molecule has 0 bridgehead atoms. The molecule has 1 N–H and O–H groups in total. The molecule has 3 aromatic carbocycles. The Morgan fingerprint density at radius 2 is 1.71 bits per heavy atom. The second-order valence-electron chi connectivity index (χ2n) is 8.21. The number of halogens is 2. The van der Waals surface area contributed by atoms with Crippen molar-refractivity contribution < 1.29 is 13.5 Å². The van der Waals surface area contributed by atoms with Gasteiger partial charge in [-0.1, -0.05) is 44.0 Å². The average molecular weight is 454 g/mol. The van der Waals surface area contributed by atoms with Gasteiger partial charge in [0.2, 0.25) is 0 Å². The predicted octanol–water partition coefficient (Wildman–Crippen LogP) is 6.25. The summed E-state index contributed by atoms with van der Waals surface area (Å²) in [6.45, 7) is 4.42. The fraction of sp³-hybridized carbons (Fsp3) is 0.148. The number of hydrogen-bond acceptors (Lipinski definition) is 4. The summed E-state index contributed by atoms with van der Waals surface area (Å²) in [5, 5.41) is 0.781. The van der Waals surface area contributed by atoms with Crippen molar-refractivity contribution in [1.82, 2.24) is 19.9 Å². The van der Waals surface area contributed by atoms with E-state index in [1.165, 1.54) is 5.56 Å². The topological polar surface area (TPSA) is 63.7 Å². The number of aromatic nitrogens is 4. The fourth-order valence-electron chi connectivity index (χ4n) is 3.78. The van der Waals surface area contributed by atoms with Crippen LogP contribution >= 0.6 is 0 Å². The third-order valence-corrected chi connectivity index (χ3v) is 5.58. The number of rotatable bonds is 5. The maximum Gasteiger partial charge on any atom is 0.196 e. The molecule has 0 radical (unpaired) electrons. The minimum atomic E-state index is -0.963. The molecule has 2 heterocycles. The Bertz CT molecular complexity index is 1530. The van der Waals surface area contributed by atoms with Crippen LogP contribution in [0.4, 0.5) is 8.78 Å². The van der Waals surface area contributed by atoms with Crippen molar-refractivity contribution in [3.63, 3.8) is 0 Å². The zero-order chi connectivity index (χ0) is 23.8. The van der Waals surface area contributed by atoms with Gasteiger partial charge in [0, 0.05) is 23.1 Å². The number of ether oxygens (including phenoxy) is 1. The molecule has 0 fully saturated rings. The van der Waals surface area contributed by atoms with Gasteiger partial charge < -0.3 is 9.72 Å². The number of H-pyrrole nitrogens is 1. The minimum Gasteiger partial charge on any atom is -0.481 e. The molecular weight excluding hydrogens is 434 g/mol. The standard InChI is InChI=1S/C27H20F2N4O/c1-4-11-34-18-9-10-22-19(12-18)25(17-7-5-16(6-8-17)15(2)3)33-27(30-22)26-31-23-13-20(28)21(29)14-24(23)32-26/h1,5-10,12-15H,11H2,2-3H3,(H,31,32). The molecular formula is C27H20F2N4O. The first-order chi connectivity index (χ1) is 16.4. The number of hydrogen-bond donors (Lipinski definition) is 1. The van der Waals surface area contributed by atoms with Gasteiger partial charge in [-0.25, -0.2) is 23.7 Å². The van der Waals surface area contributed by atoms with Crippen LogP contribution in [0.5, 0.6) is 5.75 Å². The predicted molar refractivity (Wildman–Crippen MR) is 128 cm³/mol. The first kappa shape index (κ1) is 21.5. The molecule has 0 atom stereocenters. The van der Waals surface area contributed by atoms with Crippen LogP contribution in [0.25, 0.3) is 44.8 Å². The third kappa shape index (κ3) is 3.95. The summed E-state index contributed by atoms with van der Waals surface area (Å²) in [4.78, 5) is 16.8. The van der Waals surface area contributed by atoms with Crippen molar-refractivity contribution in [3.05, 3.63) is 71.8 Å². The van der Waals surface area contributed by atoms with E-state index < -0.39 is 11.6 Å². The summed E-state index contributed by atoms with van der Waals surface area (Å²) in [5.41, 5.74) is 4.09. The zero-order valence-corrected chi connectivity index (χ0v) is 18.6. The summed E-state index contributed by atoms with van der Waals surface area (Å²) >= 11 is 0. The molecule has 2 aromatic heterocycles. The average Bonchev–Trinajstić information content (AvgIpc) is 3.25. The highest BCUT2D eigenvalue weighted by atomic mass is 19.2. The van der Waals surface area contributed by atoms with Crippen molar-refractivity contribution >= 4 is 21.9 Å². The zero-order valence-electron chi connectivity index (χ0n) is 18.6. The van der Waals surface area contributed by atoms with E-state index in [-0.39, 0.29) is 6.61 Å². The van der Waals surface area contributed by atoms with Crippen LogP contribution in [-0.2, 0) is 0 Å². The monoisotopic (exact) mass is 454 g/mol. The molecule has 34 heavy (non-hydrogen) atoms. The molecule has 5 rings (SSSR count). The highest BCUT2D eigenvalue weighted by molar-refractivity contribution is 5.94. The number of nitrogens with one attached hydrogen (secondary N) is 1. The van der Waals surface area contributed by atoms with Crippen molar-refractivity contribution in [3.8, 4) is 41.0 Å². The number of nitrogens with zero attached hydrogens (tertiary/aromatic N) is 3. The second-order valence-corrected chi connectivity index (χ2v) is 8.21. The minimum absolute atomic E-state index is 0.148. The SMILES string of the molecule is C#CCOc1ccc2nc(-c3nc4cc(F)c(F)cc4[nH]3)nc(-c3ccc(C(C)C)cc3)c2c1. The van der Waals surface area contributed by atoms with Gasteiger partial charge in [-0.3, -0.25) is 0 Å². The summed E-state index contributed by atoms with van der Waals surface area (Å²) in [7, 11) is 0. The number of fused-ring (bicyclic) bond motifs is 2. The van der Waals surface area contributed by atoms with Crippen LogP contribution in [0.1, 0.15) is 25.3 Å². The Kier molecular flexibility index (Phi) is 5.42. The summed E-state index contributed by atoms with van der Waals surface area (Å²) in [6, 6.07) is 15.7. The maximum absolute atomic E-state index is 13.7. The van der Waals surface area contributed by atoms with E-state index in [2.05, 4.69) is 46.9 Å². The molecule has 168 valence electrons. The van der Waals surface area contributed by atoms with Crippen LogP contribution in [-0.4, -0.2) is 26.5 Å². The van der Waals surface area contributed by atoms with Gasteiger partial charge in [0.25, 0.3) is 0 Å². The summed E-state index contributed by atoms with van der Waals surface area (Å²) < 4.78 is 33.0. The van der Waals surface area contributed by atoms with E-state index in [1.54, 1.807) is 6.07 Å². The van der Waals surface area contributed by atoms with Crippen molar-refractivity contribution in [2.24, 2.45) is 0 Å². The number of benzene rings is 3. The number of aromatic amines is 1. The van der Waals surface area contributed by atoms with E-state index in [0.717, 1.165) is 23.1 Å². The van der Waals surface area contributed by atoms with Crippen LogP contribution in [0.3, 0.4) is 0 Å². The quantitative estimate of drug-likeness (QED) is 0.319. The normalized spacial score (nSPS) is 11.3. The van der Waals surface area contributed by atoms with Crippen LogP contribution < -0.4 is 4.74 Å². The Morgan fingerprint density at radius 3 is 2.44 bits per heavy atom. The van der Waals surface area contributed by atoms with Crippen molar-refractivity contribution in [2.75, 3.05) is 6.61 Å². The largest absolute Gasteiger partial charge is 0.481 e. The lowest BCUT2D eigenvalue weighted by Crippen LogP contribution is -1.98. The Labute approximate surface area is 194 Å². The second kappa shape index (κ2) is 8.56. The summed E-state index contributed by atoms with van der Waals surface area (Å²) in [6.07, 6.45) is 5.33. The van der Waals surface area contributed by atoms with Crippen molar-refractivity contribution in [2.45, 2.75) is 19.8 Å². The van der Waals surface area contributed by atoms with Crippen LogP contribution in [0, 0.1) is 24.0 Å². The van der Waals surface area contributed by atoms with Crippen molar-refractivity contribution in [1.29, 1.82) is 0 Å². The third-order valence-electron chi connectivity index (χ3n) is 5.58. The Balaban J connectivity index is 1.70. The molecule has 0 amide bonds. The highest BCUT2D eigenvalue weighted by Gasteiger charge is 2.16. The van der Waals surface area contributed by atoms with E-state index in [4.69, 9.17) is 16.1 Å². The van der Waals surface area contributed by atoms with Gasteiger partial charge in [-0.05, 0) is 29.7 Å². The lowest BCUT2D eigenvalue weighted by atomic mass is 9.99. The first-order valence-electron chi connectivity index (χ1n) is 10.8. The smallest absolute Gasteiger partial charge is 0.196 e. The van der Waals surface area contributed by atoms with Crippen LogP contribution in [0.2, 0.25) is 0 Å². The number of terminal acetylenes is 1. The van der Waals surface area contributed by atoms with Gasteiger partial charge in [0.15, 0.2) is 23.3 Å². The molecule has 0 saturated carbocycles. The Hall–Kier alpha value is -4.31. The fourth-order valence-corrected chi connectivity index (χ4v) is 3.78. The van der Waals surface area contributed by atoms with E-state index in [1.807, 2.05) is 24.3 Å². The molecule has 5 nitrogen and oxygen atoms in total. The molecule has 0 unspecified atom stereocenters. The molecule has 0 saturated heterocycles. The van der Waals surface area contributed by atoms with E-state index in [0.29, 0.717) is 45.6 Å². The lowest BCUT2D eigenvalue weighted by Gasteiger charge is -2.11. The highest BCUT2D eigenvalue weighted by Crippen LogP contribution is 2.32. The molecule has 5 aromatic rings. The Morgan fingerprint density at radius 1 is 0.941 bits per heavy atom. The molecule has 0 aliphatic heterocycles. The lowest BCUT2D eigenvalue weighted by molar-refractivity contribution is 0.371. The molecule has 7 heteroatoms. The van der Waals surface area contributed by atoms with Gasteiger partial charge in [0.1, 0.15) is 12.4 Å². The maximum atomic E-state index is 13.7. The van der Waals surface area contributed by atoms with Gasteiger partial charge in [0.05, 0.1) is 22.2 Å². The molecule has 0 aliphatic rings. The van der Waals surface area contributed by atoms with Gasteiger partial charge in [-0.15, -0.1) is 6.42 Å². The molecule has 0 aliphatic carbocycles. The number of imidazole rings is 1. The summed E-state index contributed by atoms with van der Waals surface area (Å²) in [5.74, 6) is 2.17. The van der Waals surface area contributed by atoms with Crippen LogP contribution in [0.15, 0.2) is 54.6 Å². The van der Waals surface area contributed by atoms with Gasteiger partial charge >= 0.3 is 0 Å².